The number of carbonyl (C=O) groups excluding carboxylic acids is 4. The number of rotatable bonds is 15. The molecule has 0 bridgehead atoms. The van der Waals surface area contributed by atoms with Crippen molar-refractivity contribution in [2.75, 3.05) is 18.8 Å². The van der Waals surface area contributed by atoms with E-state index in [2.05, 4.69) is 28.6 Å². The Morgan fingerprint density at radius 2 is 1.62 bits per heavy atom. The molecule has 0 radical (unpaired) electrons. The van der Waals surface area contributed by atoms with Gasteiger partial charge in [0.1, 0.15) is 12.1 Å². The third-order valence-corrected chi connectivity index (χ3v) is 4.24. The molecule has 0 aromatic carbocycles. The number of aliphatic carboxylic acids is 1. The molecule has 0 aliphatic carbocycles. The molecule has 0 rings (SSSR count). The largest absolute Gasteiger partial charge is 0.480 e. The summed E-state index contributed by atoms with van der Waals surface area (Å²) < 4.78 is 0. The molecule has 0 aromatic heterocycles. The maximum absolute atomic E-state index is 12.3. The SMILES string of the molecule is NCCCCC(NC(=O)C(N)CS)C(=O)NCC(=O)NC(CCC(N)=O)C(=O)O. The zero-order valence-electron chi connectivity index (χ0n) is 16.1. The van der Waals surface area contributed by atoms with Crippen molar-refractivity contribution < 1.29 is 29.1 Å². The zero-order valence-corrected chi connectivity index (χ0v) is 17.0. The summed E-state index contributed by atoms with van der Waals surface area (Å²) in [6.07, 6.45) is 1.09. The van der Waals surface area contributed by atoms with Crippen molar-refractivity contribution in [1.82, 2.24) is 16.0 Å². The fraction of sp³-hybridized carbons (Fsp3) is 0.688. The lowest BCUT2D eigenvalue weighted by Crippen LogP contribution is -2.53. The predicted octanol–water partition coefficient (Wildman–Crippen LogP) is -3.19. The van der Waals surface area contributed by atoms with E-state index in [-0.39, 0.29) is 25.0 Å². The number of carboxylic acid groups (broad SMARTS) is 1. The first-order chi connectivity index (χ1) is 13.6. The number of carboxylic acids is 1. The minimum absolute atomic E-state index is 0.0905. The maximum Gasteiger partial charge on any atom is 0.326 e. The highest BCUT2D eigenvalue weighted by molar-refractivity contribution is 7.80. The Morgan fingerprint density at radius 1 is 0.966 bits per heavy atom. The summed E-state index contributed by atoms with van der Waals surface area (Å²) in [5.41, 5.74) is 16.0. The van der Waals surface area contributed by atoms with E-state index in [0.717, 1.165) is 0 Å². The molecule has 0 saturated heterocycles. The third-order valence-electron chi connectivity index (χ3n) is 3.85. The van der Waals surface area contributed by atoms with Gasteiger partial charge in [0, 0.05) is 12.2 Å². The Bertz CT molecular complexity index is 590. The Morgan fingerprint density at radius 3 is 2.14 bits per heavy atom. The molecule has 0 heterocycles. The van der Waals surface area contributed by atoms with E-state index in [1.807, 2.05) is 0 Å². The molecule has 29 heavy (non-hydrogen) atoms. The van der Waals surface area contributed by atoms with Crippen molar-refractivity contribution in [3.63, 3.8) is 0 Å². The highest BCUT2D eigenvalue weighted by atomic mass is 32.1. The highest BCUT2D eigenvalue weighted by Crippen LogP contribution is 2.02. The minimum atomic E-state index is -1.33. The number of nitrogens with one attached hydrogen (secondary N) is 3. The van der Waals surface area contributed by atoms with Gasteiger partial charge in [0.2, 0.25) is 23.6 Å². The smallest absolute Gasteiger partial charge is 0.326 e. The zero-order chi connectivity index (χ0) is 22.4. The Hall–Kier alpha value is -2.38. The van der Waals surface area contributed by atoms with E-state index in [9.17, 15) is 24.0 Å². The van der Waals surface area contributed by atoms with E-state index >= 15 is 0 Å². The number of carbonyl (C=O) groups is 5. The standard InChI is InChI=1S/C16H30N6O6S/c17-6-2-1-3-10(22-14(25)9(18)8-29)15(26)20-7-13(24)21-11(16(27)28)4-5-12(19)23/h9-11,29H,1-8,17-18H2,(H2,19,23)(H,20,26)(H,21,24)(H,22,25)(H,27,28). The number of hydrogen-bond acceptors (Lipinski definition) is 8. The Labute approximate surface area is 174 Å². The minimum Gasteiger partial charge on any atom is -0.480 e. The van der Waals surface area contributed by atoms with Gasteiger partial charge in [0.05, 0.1) is 12.6 Å². The van der Waals surface area contributed by atoms with Crippen LogP contribution < -0.4 is 33.2 Å². The van der Waals surface area contributed by atoms with Gasteiger partial charge in [-0.3, -0.25) is 19.2 Å². The van der Waals surface area contributed by atoms with Gasteiger partial charge in [-0.15, -0.1) is 0 Å². The van der Waals surface area contributed by atoms with Crippen LogP contribution in [0.15, 0.2) is 0 Å². The number of amides is 4. The summed E-state index contributed by atoms with van der Waals surface area (Å²) >= 11 is 3.93. The van der Waals surface area contributed by atoms with Crippen LogP contribution in [0.5, 0.6) is 0 Å². The average molecular weight is 435 g/mol. The first kappa shape index (κ1) is 26.6. The summed E-state index contributed by atoms with van der Waals surface area (Å²) in [5.74, 6) is -3.90. The molecule has 0 fully saturated rings. The fourth-order valence-electron chi connectivity index (χ4n) is 2.20. The maximum atomic E-state index is 12.3. The molecule has 166 valence electrons. The topological polar surface area (TPSA) is 220 Å². The molecular weight excluding hydrogens is 404 g/mol. The lowest BCUT2D eigenvalue weighted by molar-refractivity contribution is -0.142. The summed E-state index contributed by atoms with van der Waals surface area (Å²) in [6, 6.07) is -3.15. The van der Waals surface area contributed by atoms with Crippen molar-refractivity contribution in [3.8, 4) is 0 Å². The normalized spacial score (nSPS) is 13.6. The molecule has 13 heteroatoms. The molecule has 0 spiro atoms. The van der Waals surface area contributed by atoms with E-state index in [4.69, 9.17) is 22.3 Å². The molecule has 0 saturated carbocycles. The molecule has 0 aliphatic heterocycles. The quantitative estimate of drug-likeness (QED) is 0.0966. The fourth-order valence-corrected chi connectivity index (χ4v) is 2.37. The third kappa shape index (κ3) is 11.9. The van der Waals surface area contributed by atoms with Crippen LogP contribution in [0.2, 0.25) is 0 Å². The second-order valence-electron chi connectivity index (χ2n) is 6.32. The van der Waals surface area contributed by atoms with Crippen molar-refractivity contribution >= 4 is 42.2 Å². The summed E-state index contributed by atoms with van der Waals surface area (Å²) in [5, 5.41) is 16.1. The number of unbranched alkanes of at least 4 members (excludes halogenated alkanes) is 1. The van der Waals surface area contributed by atoms with E-state index in [1.54, 1.807) is 0 Å². The lowest BCUT2D eigenvalue weighted by Gasteiger charge is -2.20. The molecule has 3 unspecified atom stereocenters. The first-order valence-corrected chi connectivity index (χ1v) is 9.70. The van der Waals surface area contributed by atoms with Crippen LogP contribution in [0.25, 0.3) is 0 Å². The molecule has 0 aliphatic rings. The van der Waals surface area contributed by atoms with Crippen molar-refractivity contribution in [3.05, 3.63) is 0 Å². The van der Waals surface area contributed by atoms with Crippen LogP contribution >= 0.6 is 12.6 Å². The first-order valence-electron chi connectivity index (χ1n) is 9.07. The van der Waals surface area contributed by atoms with Gasteiger partial charge in [-0.2, -0.15) is 12.6 Å². The number of nitrogens with two attached hydrogens (primary N) is 3. The number of thiol groups is 1. The molecule has 4 amide bonds. The van der Waals surface area contributed by atoms with Crippen molar-refractivity contribution in [2.45, 2.75) is 50.2 Å². The lowest BCUT2D eigenvalue weighted by atomic mass is 10.1. The Balaban J connectivity index is 4.75. The van der Waals surface area contributed by atoms with Crippen LogP contribution in [-0.4, -0.2) is 71.7 Å². The molecule has 0 aromatic rings. The molecular formula is C16H30N6O6S. The van der Waals surface area contributed by atoms with Gasteiger partial charge in [-0.05, 0) is 32.2 Å². The van der Waals surface area contributed by atoms with Crippen LogP contribution in [0, 0.1) is 0 Å². The van der Waals surface area contributed by atoms with E-state index < -0.39 is 54.3 Å². The molecule has 3 atom stereocenters. The van der Waals surface area contributed by atoms with Gasteiger partial charge in [-0.25, -0.2) is 4.79 Å². The molecule has 10 N–H and O–H groups in total. The van der Waals surface area contributed by atoms with Crippen LogP contribution in [0.4, 0.5) is 0 Å². The predicted molar refractivity (Wildman–Crippen MR) is 108 cm³/mol. The number of primary amides is 1. The molecule has 12 nitrogen and oxygen atoms in total. The summed E-state index contributed by atoms with van der Waals surface area (Å²) in [6.45, 7) is -0.0935. The summed E-state index contributed by atoms with van der Waals surface area (Å²) in [4.78, 5) is 58.1. The van der Waals surface area contributed by atoms with Crippen molar-refractivity contribution in [1.29, 1.82) is 0 Å². The van der Waals surface area contributed by atoms with Gasteiger partial charge in [0.25, 0.3) is 0 Å². The van der Waals surface area contributed by atoms with E-state index in [0.29, 0.717) is 19.4 Å². The second-order valence-corrected chi connectivity index (χ2v) is 6.68. The monoisotopic (exact) mass is 434 g/mol. The highest BCUT2D eigenvalue weighted by Gasteiger charge is 2.24. The van der Waals surface area contributed by atoms with Gasteiger partial charge in [-0.1, -0.05) is 0 Å². The van der Waals surface area contributed by atoms with Gasteiger partial charge in [0.15, 0.2) is 0 Å². The van der Waals surface area contributed by atoms with Gasteiger partial charge < -0.3 is 38.3 Å². The average Bonchev–Trinajstić information content (AvgIpc) is 2.67. The van der Waals surface area contributed by atoms with Crippen LogP contribution in [0.1, 0.15) is 32.1 Å². The van der Waals surface area contributed by atoms with Gasteiger partial charge >= 0.3 is 5.97 Å². The summed E-state index contributed by atoms with van der Waals surface area (Å²) in [7, 11) is 0. The number of hydrogen-bond donors (Lipinski definition) is 8. The van der Waals surface area contributed by atoms with E-state index in [1.165, 1.54) is 0 Å². The Kier molecular flexibility index (Phi) is 13.4. The van der Waals surface area contributed by atoms with Crippen molar-refractivity contribution in [2.24, 2.45) is 17.2 Å². The van der Waals surface area contributed by atoms with Crippen LogP contribution in [0.3, 0.4) is 0 Å². The second kappa shape index (κ2) is 14.6. The van der Waals surface area contributed by atoms with Crippen LogP contribution in [-0.2, 0) is 24.0 Å².